The first-order valence-corrected chi connectivity index (χ1v) is 6.42. The van der Waals surface area contributed by atoms with E-state index in [2.05, 4.69) is 0 Å². The highest BCUT2D eigenvalue weighted by atomic mass is 16.6. The minimum Gasteiger partial charge on any atom is -0.491 e. The summed E-state index contributed by atoms with van der Waals surface area (Å²) in [5, 5.41) is 0. The van der Waals surface area contributed by atoms with Gasteiger partial charge in [-0.05, 0) is 35.9 Å². The summed E-state index contributed by atoms with van der Waals surface area (Å²) in [4.78, 5) is 11.7. The Balaban J connectivity index is 1.58. The molecule has 0 aliphatic carbocycles. The van der Waals surface area contributed by atoms with Crippen molar-refractivity contribution < 1.29 is 18.7 Å². The second-order valence-electron chi connectivity index (χ2n) is 4.51. The first kappa shape index (κ1) is 12.7. The van der Waals surface area contributed by atoms with E-state index in [1.807, 2.05) is 24.3 Å². The van der Waals surface area contributed by atoms with Gasteiger partial charge in [-0.1, -0.05) is 18.2 Å². The van der Waals surface area contributed by atoms with Gasteiger partial charge in [-0.25, -0.2) is 0 Å². The molecule has 0 N–H and O–H groups in total. The van der Waals surface area contributed by atoms with Crippen LogP contribution in [-0.4, -0.2) is 25.1 Å². The summed E-state index contributed by atoms with van der Waals surface area (Å²) in [7, 11) is 0. The smallest absolute Gasteiger partial charge is 0.221 e. The van der Waals surface area contributed by atoms with Crippen molar-refractivity contribution in [3.63, 3.8) is 0 Å². The zero-order valence-electron chi connectivity index (χ0n) is 10.8. The molecule has 1 aromatic carbocycles. The molecule has 0 amide bonds. The molecule has 0 bridgehead atoms. The van der Waals surface area contributed by atoms with Crippen LogP contribution in [0.3, 0.4) is 0 Å². The number of epoxide rings is 1. The summed E-state index contributed by atoms with van der Waals surface area (Å²) in [6.07, 6.45) is 4.97. The molecule has 1 saturated heterocycles. The normalized spacial score (nSPS) is 17.3. The zero-order valence-corrected chi connectivity index (χ0v) is 10.8. The largest absolute Gasteiger partial charge is 0.491 e. The monoisotopic (exact) mass is 270 g/mol. The number of ether oxygens (including phenoxy) is 2. The number of carbonyl (C=O) groups is 1. The third-order valence-corrected chi connectivity index (χ3v) is 2.91. The van der Waals surface area contributed by atoms with E-state index in [1.54, 1.807) is 18.2 Å². The lowest BCUT2D eigenvalue weighted by Crippen LogP contribution is -2.03. The minimum absolute atomic E-state index is 0.152. The van der Waals surface area contributed by atoms with Crippen LogP contribution in [0, 0.1) is 0 Å². The third-order valence-electron chi connectivity index (χ3n) is 2.91. The van der Waals surface area contributed by atoms with Gasteiger partial charge in [0.2, 0.25) is 5.78 Å². The number of furan rings is 1. The SMILES string of the molecule is O=C(/C=C/c1ccc(OCC2CO2)cc1)c1ccco1. The second kappa shape index (κ2) is 5.75. The maximum Gasteiger partial charge on any atom is 0.221 e. The Labute approximate surface area is 116 Å². The number of carbonyl (C=O) groups excluding carboxylic acids is 1. The van der Waals surface area contributed by atoms with Gasteiger partial charge in [0, 0.05) is 0 Å². The van der Waals surface area contributed by atoms with Crippen LogP contribution in [0.5, 0.6) is 5.75 Å². The molecule has 1 aromatic heterocycles. The number of allylic oxidation sites excluding steroid dienone is 1. The molecule has 1 atom stereocenters. The molecule has 1 fully saturated rings. The molecule has 4 nitrogen and oxygen atoms in total. The molecule has 1 aliphatic rings. The number of rotatable bonds is 6. The molecule has 4 heteroatoms. The molecular weight excluding hydrogens is 256 g/mol. The molecule has 0 saturated carbocycles. The summed E-state index contributed by atoms with van der Waals surface area (Å²) in [6.45, 7) is 1.38. The molecular formula is C16H14O4. The average Bonchev–Trinajstić information content (AvgIpc) is 3.15. The summed E-state index contributed by atoms with van der Waals surface area (Å²) in [5.41, 5.74) is 0.930. The van der Waals surface area contributed by atoms with E-state index in [-0.39, 0.29) is 11.9 Å². The van der Waals surface area contributed by atoms with E-state index >= 15 is 0 Å². The van der Waals surface area contributed by atoms with Crippen LogP contribution in [0.1, 0.15) is 16.1 Å². The topological polar surface area (TPSA) is 52.0 Å². The number of hydrogen-bond acceptors (Lipinski definition) is 4. The van der Waals surface area contributed by atoms with Gasteiger partial charge in [0.1, 0.15) is 18.5 Å². The highest BCUT2D eigenvalue weighted by molar-refractivity contribution is 6.04. The standard InChI is InChI=1S/C16H14O4/c17-15(16-2-1-9-18-16)8-5-12-3-6-13(7-4-12)19-10-14-11-20-14/h1-9,14H,10-11H2/b8-5+. The summed E-state index contributed by atoms with van der Waals surface area (Å²) in [6, 6.07) is 10.9. The van der Waals surface area contributed by atoms with Crippen molar-refractivity contribution in [2.75, 3.05) is 13.2 Å². The first-order chi connectivity index (χ1) is 9.81. The highest BCUT2D eigenvalue weighted by Gasteiger charge is 2.22. The maximum atomic E-state index is 11.7. The number of benzene rings is 1. The van der Waals surface area contributed by atoms with Gasteiger partial charge in [0.25, 0.3) is 0 Å². The van der Waals surface area contributed by atoms with E-state index < -0.39 is 0 Å². The fraction of sp³-hybridized carbons (Fsp3) is 0.188. The van der Waals surface area contributed by atoms with Crippen LogP contribution in [-0.2, 0) is 4.74 Å². The van der Waals surface area contributed by atoms with Gasteiger partial charge >= 0.3 is 0 Å². The van der Waals surface area contributed by atoms with E-state index in [9.17, 15) is 4.79 Å². The van der Waals surface area contributed by atoms with Crippen LogP contribution in [0.25, 0.3) is 6.08 Å². The van der Waals surface area contributed by atoms with Crippen molar-refractivity contribution in [1.82, 2.24) is 0 Å². The molecule has 20 heavy (non-hydrogen) atoms. The average molecular weight is 270 g/mol. The molecule has 102 valence electrons. The second-order valence-corrected chi connectivity index (χ2v) is 4.51. The van der Waals surface area contributed by atoms with Crippen LogP contribution in [0.4, 0.5) is 0 Å². The van der Waals surface area contributed by atoms with Gasteiger partial charge in [-0.3, -0.25) is 4.79 Å². The highest BCUT2D eigenvalue weighted by Crippen LogP contribution is 2.16. The molecule has 3 rings (SSSR count). The molecule has 0 spiro atoms. The van der Waals surface area contributed by atoms with Gasteiger partial charge in [-0.15, -0.1) is 0 Å². The van der Waals surface area contributed by atoms with Crippen LogP contribution < -0.4 is 4.74 Å². The van der Waals surface area contributed by atoms with Crippen LogP contribution >= 0.6 is 0 Å². The minimum atomic E-state index is -0.152. The van der Waals surface area contributed by atoms with Crippen molar-refractivity contribution >= 4 is 11.9 Å². The maximum absolute atomic E-state index is 11.7. The van der Waals surface area contributed by atoms with Gasteiger partial charge in [0.15, 0.2) is 5.76 Å². The Hall–Kier alpha value is -2.33. The summed E-state index contributed by atoms with van der Waals surface area (Å²) < 4.78 is 15.6. The van der Waals surface area contributed by atoms with Crippen LogP contribution in [0.15, 0.2) is 53.2 Å². The summed E-state index contributed by atoms with van der Waals surface area (Å²) >= 11 is 0. The number of hydrogen-bond donors (Lipinski definition) is 0. The predicted molar refractivity (Wildman–Crippen MR) is 73.7 cm³/mol. The third kappa shape index (κ3) is 3.36. The van der Waals surface area contributed by atoms with Crippen molar-refractivity contribution in [2.24, 2.45) is 0 Å². The van der Waals surface area contributed by atoms with Crippen molar-refractivity contribution in [3.8, 4) is 5.75 Å². The predicted octanol–water partition coefficient (Wildman–Crippen LogP) is 2.95. The Morgan fingerprint density at radius 2 is 2.10 bits per heavy atom. The quantitative estimate of drug-likeness (QED) is 0.460. The Bertz CT molecular complexity index is 592. The molecule has 1 aliphatic heterocycles. The molecule has 1 unspecified atom stereocenters. The lowest BCUT2D eigenvalue weighted by molar-refractivity contribution is 0.102. The fourth-order valence-electron chi connectivity index (χ4n) is 1.70. The zero-order chi connectivity index (χ0) is 13.8. The molecule has 2 aromatic rings. The van der Waals surface area contributed by atoms with E-state index in [4.69, 9.17) is 13.9 Å². The Morgan fingerprint density at radius 1 is 1.30 bits per heavy atom. The Kier molecular flexibility index (Phi) is 3.65. The van der Waals surface area contributed by atoms with Crippen molar-refractivity contribution in [3.05, 3.63) is 60.1 Å². The van der Waals surface area contributed by atoms with E-state index in [1.165, 1.54) is 12.3 Å². The van der Waals surface area contributed by atoms with Crippen molar-refractivity contribution in [2.45, 2.75) is 6.10 Å². The molecule has 2 heterocycles. The first-order valence-electron chi connectivity index (χ1n) is 6.42. The lowest BCUT2D eigenvalue weighted by Gasteiger charge is -2.03. The van der Waals surface area contributed by atoms with Gasteiger partial charge in [0.05, 0.1) is 12.9 Å². The van der Waals surface area contributed by atoms with E-state index in [0.717, 1.165) is 17.9 Å². The van der Waals surface area contributed by atoms with Gasteiger partial charge in [-0.2, -0.15) is 0 Å². The van der Waals surface area contributed by atoms with Crippen molar-refractivity contribution in [1.29, 1.82) is 0 Å². The molecule has 0 radical (unpaired) electrons. The Morgan fingerprint density at radius 3 is 2.75 bits per heavy atom. The fourth-order valence-corrected chi connectivity index (χ4v) is 1.70. The summed E-state index contributed by atoms with van der Waals surface area (Å²) in [5.74, 6) is 0.988. The lowest BCUT2D eigenvalue weighted by atomic mass is 10.2. The van der Waals surface area contributed by atoms with Gasteiger partial charge < -0.3 is 13.9 Å². The van der Waals surface area contributed by atoms with E-state index in [0.29, 0.717) is 12.4 Å². The number of ketones is 1. The van der Waals surface area contributed by atoms with Crippen LogP contribution in [0.2, 0.25) is 0 Å².